The first-order valence-corrected chi connectivity index (χ1v) is 5.34. The predicted octanol–water partition coefficient (Wildman–Crippen LogP) is 2.07. The summed E-state index contributed by atoms with van der Waals surface area (Å²) in [6.07, 6.45) is 1.03. The molecule has 84 valence electrons. The fourth-order valence-electron chi connectivity index (χ4n) is 1.24. The van der Waals surface area contributed by atoms with Crippen molar-refractivity contribution in [2.75, 3.05) is 26.8 Å². The molecule has 1 rings (SSSR count). The van der Waals surface area contributed by atoms with Gasteiger partial charge in [-0.25, -0.2) is 0 Å². The lowest BCUT2D eigenvalue weighted by Gasteiger charge is -2.07. The zero-order chi connectivity index (χ0) is 10.9. The molecule has 1 N–H and O–H groups in total. The Bertz CT molecular complexity index is 259. The summed E-state index contributed by atoms with van der Waals surface area (Å²) in [6.45, 7) is 4.87. The number of ether oxygens (including phenoxy) is 2. The van der Waals surface area contributed by atoms with Gasteiger partial charge in [-0.2, -0.15) is 0 Å². The van der Waals surface area contributed by atoms with Crippen molar-refractivity contribution in [2.45, 2.75) is 13.3 Å². The van der Waals surface area contributed by atoms with E-state index in [1.807, 2.05) is 24.3 Å². The lowest BCUT2D eigenvalue weighted by Crippen LogP contribution is -2.16. The quantitative estimate of drug-likeness (QED) is 0.697. The molecule has 3 heteroatoms. The van der Waals surface area contributed by atoms with Crippen LogP contribution in [-0.4, -0.2) is 26.8 Å². The van der Waals surface area contributed by atoms with Crippen molar-refractivity contribution in [3.8, 4) is 11.5 Å². The number of rotatable bonds is 7. The van der Waals surface area contributed by atoms with Crippen molar-refractivity contribution in [1.82, 2.24) is 5.32 Å². The minimum absolute atomic E-state index is 0.749. The third-order valence-corrected chi connectivity index (χ3v) is 2.08. The molecule has 0 unspecified atom stereocenters. The Hall–Kier alpha value is -1.22. The van der Waals surface area contributed by atoms with E-state index >= 15 is 0 Å². The molecule has 15 heavy (non-hydrogen) atoms. The molecule has 0 aromatic heterocycles. The summed E-state index contributed by atoms with van der Waals surface area (Å²) in [5.41, 5.74) is 0. The third kappa shape index (κ3) is 4.70. The van der Waals surface area contributed by atoms with Crippen LogP contribution in [0, 0.1) is 0 Å². The minimum Gasteiger partial charge on any atom is -0.497 e. The second-order valence-corrected chi connectivity index (χ2v) is 3.23. The molecule has 0 radical (unpaired) electrons. The normalized spacial score (nSPS) is 10.0. The Morgan fingerprint density at radius 1 is 1.13 bits per heavy atom. The van der Waals surface area contributed by atoms with E-state index in [0.29, 0.717) is 0 Å². The van der Waals surface area contributed by atoms with Crippen molar-refractivity contribution in [3.63, 3.8) is 0 Å². The molecule has 0 saturated carbocycles. The Balaban J connectivity index is 2.20. The molecule has 1 aromatic rings. The molecule has 1 aromatic carbocycles. The van der Waals surface area contributed by atoms with Gasteiger partial charge in [-0.05, 0) is 43.8 Å². The molecule has 3 nitrogen and oxygen atoms in total. The summed E-state index contributed by atoms with van der Waals surface area (Å²) in [5.74, 6) is 1.75. The van der Waals surface area contributed by atoms with Crippen LogP contribution in [0.3, 0.4) is 0 Å². The molecule has 0 amide bonds. The second-order valence-electron chi connectivity index (χ2n) is 3.23. The van der Waals surface area contributed by atoms with Gasteiger partial charge in [-0.3, -0.25) is 0 Å². The summed E-state index contributed by atoms with van der Waals surface area (Å²) in [6, 6.07) is 7.65. The first-order valence-electron chi connectivity index (χ1n) is 5.34. The van der Waals surface area contributed by atoms with Crippen molar-refractivity contribution in [2.24, 2.45) is 0 Å². The molecule has 0 saturated heterocycles. The fraction of sp³-hybridized carbons (Fsp3) is 0.500. The van der Waals surface area contributed by atoms with Crippen molar-refractivity contribution in [3.05, 3.63) is 24.3 Å². The molecular formula is C12H19NO2. The average Bonchev–Trinajstić information content (AvgIpc) is 2.30. The monoisotopic (exact) mass is 209 g/mol. The number of hydrogen-bond donors (Lipinski definition) is 1. The molecule has 0 aliphatic heterocycles. The molecular weight excluding hydrogens is 190 g/mol. The SMILES string of the molecule is CCNCCCOc1ccc(OC)cc1. The van der Waals surface area contributed by atoms with Gasteiger partial charge in [0.05, 0.1) is 13.7 Å². The highest BCUT2D eigenvalue weighted by molar-refractivity contribution is 5.31. The van der Waals surface area contributed by atoms with E-state index in [0.717, 1.165) is 37.6 Å². The van der Waals surface area contributed by atoms with Gasteiger partial charge in [0.15, 0.2) is 0 Å². The van der Waals surface area contributed by atoms with Gasteiger partial charge in [0.1, 0.15) is 11.5 Å². The minimum atomic E-state index is 0.749. The summed E-state index contributed by atoms with van der Waals surface area (Å²) in [5, 5.41) is 3.25. The molecule has 0 spiro atoms. The second kappa shape index (κ2) is 7.12. The molecule has 0 heterocycles. The van der Waals surface area contributed by atoms with E-state index < -0.39 is 0 Å². The van der Waals surface area contributed by atoms with Crippen LogP contribution in [-0.2, 0) is 0 Å². The topological polar surface area (TPSA) is 30.5 Å². The number of hydrogen-bond acceptors (Lipinski definition) is 3. The van der Waals surface area contributed by atoms with Crippen molar-refractivity contribution < 1.29 is 9.47 Å². The molecule has 0 aliphatic carbocycles. The fourth-order valence-corrected chi connectivity index (χ4v) is 1.24. The first-order chi connectivity index (χ1) is 7.36. The molecule has 0 fully saturated rings. The molecule has 0 bridgehead atoms. The Morgan fingerprint density at radius 2 is 1.80 bits per heavy atom. The van der Waals surface area contributed by atoms with E-state index in [9.17, 15) is 0 Å². The number of benzene rings is 1. The maximum absolute atomic E-state index is 5.56. The van der Waals surface area contributed by atoms with Crippen LogP contribution in [0.2, 0.25) is 0 Å². The van der Waals surface area contributed by atoms with Gasteiger partial charge in [0, 0.05) is 0 Å². The number of nitrogens with one attached hydrogen (secondary N) is 1. The van der Waals surface area contributed by atoms with Gasteiger partial charge in [-0.1, -0.05) is 6.92 Å². The maximum atomic E-state index is 5.56. The summed E-state index contributed by atoms with van der Waals surface area (Å²) in [7, 11) is 1.66. The van der Waals surface area contributed by atoms with E-state index in [-0.39, 0.29) is 0 Å². The van der Waals surface area contributed by atoms with Crippen LogP contribution in [0.15, 0.2) is 24.3 Å². The Kier molecular flexibility index (Phi) is 5.63. The molecule has 0 aliphatic rings. The largest absolute Gasteiger partial charge is 0.497 e. The third-order valence-electron chi connectivity index (χ3n) is 2.08. The van der Waals surface area contributed by atoms with Gasteiger partial charge in [0.25, 0.3) is 0 Å². The maximum Gasteiger partial charge on any atom is 0.119 e. The van der Waals surface area contributed by atoms with Crippen LogP contribution in [0.25, 0.3) is 0 Å². The van der Waals surface area contributed by atoms with Gasteiger partial charge < -0.3 is 14.8 Å². The number of methoxy groups -OCH3 is 1. The molecule has 0 atom stereocenters. The summed E-state index contributed by atoms with van der Waals surface area (Å²) in [4.78, 5) is 0. The van der Waals surface area contributed by atoms with Gasteiger partial charge in [-0.15, -0.1) is 0 Å². The van der Waals surface area contributed by atoms with Crippen molar-refractivity contribution >= 4 is 0 Å². The highest BCUT2D eigenvalue weighted by Crippen LogP contribution is 2.16. The zero-order valence-electron chi connectivity index (χ0n) is 9.45. The van der Waals surface area contributed by atoms with Crippen LogP contribution < -0.4 is 14.8 Å². The van der Waals surface area contributed by atoms with Crippen LogP contribution in [0.4, 0.5) is 0 Å². The van der Waals surface area contributed by atoms with E-state index in [2.05, 4.69) is 12.2 Å². The highest BCUT2D eigenvalue weighted by Gasteiger charge is 1.94. The Labute approximate surface area is 91.4 Å². The summed E-state index contributed by atoms with van der Waals surface area (Å²) < 4.78 is 10.6. The van der Waals surface area contributed by atoms with Crippen LogP contribution in [0.5, 0.6) is 11.5 Å². The van der Waals surface area contributed by atoms with Crippen LogP contribution >= 0.6 is 0 Å². The lowest BCUT2D eigenvalue weighted by atomic mass is 10.3. The van der Waals surface area contributed by atoms with E-state index in [4.69, 9.17) is 9.47 Å². The summed E-state index contributed by atoms with van der Waals surface area (Å²) >= 11 is 0. The van der Waals surface area contributed by atoms with Gasteiger partial charge in [0.2, 0.25) is 0 Å². The first kappa shape index (κ1) is 11.9. The van der Waals surface area contributed by atoms with Gasteiger partial charge >= 0.3 is 0 Å². The van der Waals surface area contributed by atoms with Crippen LogP contribution in [0.1, 0.15) is 13.3 Å². The predicted molar refractivity (Wildman–Crippen MR) is 61.6 cm³/mol. The van der Waals surface area contributed by atoms with E-state index in [1.165, 1.54) is 0 Å². The zero-order valence-corrected chi connectivity index (χ0v) is 9.45. The Morgan fingerprint density at radius 3 is 2.40 bits per heavy atom. The standard InChI is InChI=1S/C12H19NO2/c1-3-13-9-4-10-15-12-7-5-11(14-2)6-8-12/h5-8,13H,3-4,9-10H2,1-2H3. The average molecular weight is 209 g/mol. The smallest absolute Gasteiger partial charge is 0.119 e. The lowest BCUT2D eigenvalue weighted by molar-refractivity contribution is 0.308. The highest BCUT2D eigenvalue weighted by atomic mass is 16.5. The van der Waals surface area contributed by atoms with Crippen molar-refractivity contribution in [1.29, 1.82) is 0 Å². The van der Waals surface area contributed by atoms with E-state index in [1.54, 1.807) is 7.11 Å².